The van der Waals surface area contributed by atoms with E-state index < -0.39 is 15.4 Å². The van der Waals surface area contributed by atoms with Gasteiger partial charge in [-0.25, -0.2) is 0 Å². The van der Waals surface area contributed by atoms with Crippen LogP contribution in [-0.4, -0.2) is 18.5 Å². The van der Waals surface area contributed by atoms with Crippen LogP contribution in [0.15, 0.2) is 0 Å². The van der Waals surface area contributed by atoms with E-state index in [1.807, 2.05) is 0 Å². The van der Waals surface area contributed by atoms with Crippen LogP contribution in [0.5, 0.6) is 0 Å². The Morgan fingerprint density at radius 1 is 1.80 bits per heavy atom. The van der Waals surface area contributed by atoms with E-state index in [1.54, 1.807) is 5.03 Å². The quantitative estimate of drug-likeness (QED) is 0.490. The van der Waals surface area contributed by atoms with Crippen molar-refractivity contribution in [1.82, 2.24) is 0 Å². The Bertz CT molecular complexity index is 18.9. The van der Waals surface area contributed by atoms with E-state index in [0.29, 0.717) is 0 Å². The molecule has 0 fully saturated rings. The molecule has 0 unspecified atom stereocenters. The third kappa shape index (κ3) is 5.65. The summed E-state index contributed by atoms with van der Waals surface area (Å²) in [6, 6.07) is 0. The summed E-state index contributed by atoms with van der Waals surface area (Å²) in [5, 5.41) is 1.59. The van der Waals surface area contributed by atoms with Crippen LogP contribution in [0.4, 0.5) is 0 Å². The van der Waals surface area contributed by atoms with Crippen LogP contribution >= 0.6 is 34.0 Å². The van der Waals surface area contributed by atoms with E-state index in [2.05, 4.69) is 18.6 Å². The average Bonchev–Trinajstić information content (AvgIpc) is 1.38. The summed E-state index contributed by atoms with van der Waals surface area (Å²) in [6.45, 7) is 0. The van der Waals surface area contributed by atoms with Gasteiger partial charge in [-0.05, 0) is 0 Å². The normalized spacial score (nSPS) is 10.2. The van der Waals surface area contributed by atoms with Crippen molar-refractivity contribution in [2.45, 2.75) is 0 Å². The second kappa shape index (κ2) is 3.83. The molecule has 0 amide bonds. The van der Waals surface area contributed by atoms with Crippen molar-refractivity contribution in [3.05, 3.63) is 0 Å². The standard InChI is InChI=1S/B3I2/c1-3-5(2)4. The maximum absolute atomic E-state index is 5.25. The van der Waals surface area contributed by atoms with Gasteiger partial charge in [0.05, 0.1) is 0 Å². The minimum atomic E-state index is -1.16. The fourth-order valence-electron chi connectivity index (χ4n) is 0. The van der Waals surface area contributed by atoms with Crippen LogP contribution in [0.25, 0.3) is 0 Å². The third-order valence-electron chi connectivity index (χ3n) is 0.120. The summed E-state index contributed by atoms with van der Waals surface area (Å²) >= 11 is 1.00. The zero-order chi connectivity index (χ0) is 4.28. The van der Waals surface area contributed by atoms with Gasteiger partial charge in [0, 0.05) is 0 Å². The summed E-state index contributed by atoms with van der Waals surface area (Å²) in [6.07, 6.45) is 0. The van der Waals surface area contributed by atoms with Gasteiger partial charge in [-0.3, -0.25) is 0 Å². The van der Waals surface area contributed by atoms with Gasteiger partial charge in [0.1, 0.15) is 0 Å². The molecule has 0 bridgehead atoms. The van der Waals surface area contributed by atoms with Crippen molar-refractivity contribution in [3.63, 3.8) is 0 Å². The predicted octanol–water partition coefficient (Wildman–Crippen LogP) is 0.629. The van der Waals surface area contributed by atoms with Gasteiger partial charge in [-0.1, -0.05) is 0 Å². The first-order valence-electron chi connectivity index (χ1n) is 0.913. The molecule has 0 N–H and O–H groups in total. The van der Waals surface area contributed by atoms with E-state index in [4.69, 9.17) is 13.4 Å². The van der Waals surface area contributed by atoms with Crippen molar-refractivity contribution >= 4 is 52.5 Å². The Morgan fingerprint density at radius 3 is 2.00 bits per heavy atom. The van der Waals surface area contributed by atoms with Crippen molar-refractivity contribution < 1.29 is 0 Å². The Balaban J connectivity index is 2.54. The molecule has 0 aliphatic heterocycles. The van der Waals surface area contributed by atoms with Crippen LogP contribution in [0.3, 0.4) is 0 Å². The first-order valence-corrected chi connectivity index (χ1v) is 9.69. The first-order chi connectivity index (χ1) is 2.27. The Kier molecular flexibility index (Phi) is 5.10. The number of hydrogen-bond acceptors (Lipinski definition) is 0. The maximum atomic E-state index is 5.25. The molecule has 0 aromatic carbocycles. The zero-order valence-electron chi connectivity index (χ0n) is 2.49. The second-order valence-electron chi connectivity index (χ2n) is 0.417. The summed E-state index contributed by atoms with van der Waals surface area (Å²) in [7, 11) is 4.98. The molecule has 0 aliphatic carbocycles. The van der Waals surface area contributed by atoms with Gasteiger partial charge < -0.3 is 0 Å². The van der Waals surface area contributed by atoms with Gasteiger partial charge in [0.25, 0.3) is 0 Å². The number of halogens is 2. The number of rotatable bonds is 1. The molecule has 0 saturated heterocycles. The molecule has 0 aromatic heterocycles. The second-order valence-corrected chi connectivity index (χ2v) is 9.11. The topological polar surface area (TPSA) is 0 Å². The molecular weight excluding hydrogens is 286 g/mol. The molecule has 5 heavy (non-hydrogen) atoms. The molecule has 5 radical (unpaired) electrons. The van der Waals surface area contributed by atoms with Gasteiger partial charge >= 0.3 is 52.5 Å². The minimum absolute atomic E-state index is 1.16. The van der Waals surface area contributed by atoms with E-state index >= 15 is 0 Å². The molecule has 0 saturated carbocycles. The molecule has 0 spiro atoms. The van der Waals surface area contributed by atoms with Crippen molar-refractivity contribution in [2.75, 3.05) is 0 Å². The molecule has 0 heterocycles. The monoisotopic (exact) mass is 287 g/mol. The number of hydrogen-bond donors (Lipinski definition) is 0. The molecule has 0 nitrogen and oxygen atoms in total. The Morgan fingerprint density at radius 2 is 2.00 bits per heavy atom. The van der Waals surface area contributed by atoms with E-state index in [-0.39, 0.29) is 0 Å². The van der Waals surface area contributed by atoms with E-state index in [9.17, 15) is 0 Å². The molecular formula is B3I2. The summed E-state index contributed by atoms with van der Waals surface area (Å²) in [5.41, 5.74) is 5.25. The van der Waals surface area contributed by atoms with Crippen LogP contribution < -0.4 is 0 Å². The van der Waals surface area contributed by atoms with Gasteiger partial charge in [0.15, 0.2) is 0 Å². The molecule has 0 aromatic rings. The zero-order valence-corrected chi connectivity index (χ0v) is 6.80. The fraction of sp³-hybridized carbons (Fsp3) is 0. The van der Waals surface area contributed by atoms with Crippen LogP contribution in [0, 0.1) is 0 Å². The van der Waals surface area contributed by atoms with Crippen LogP contribution in [0.2, 0.25) is 0 Å². The van der Waals surface area contributed by atoms with Gasteiger partial charge in [0.2, 0.25) is 0 Å². The summed E-state index contributed by atoms with van der Waals surface area (Å²) in [4.78, 5) is 0. The van der Waals surface area contributed by atoms with Crippen molar-refractivity contribution in [3.8, 4) is 0 Å². The molecule has 0 atom stereocenters. The fourth-order valence-corrected chi connectivity index (χ4v) is 0. The average molecular weight is 286 g/mol. The van der Waals surface area contributed by atoms with Crippen molar-refractivity contribution in [1.29, 1.82) is 0 Å². The Hall–Kier alpha value is 1.65. The molecule has 0 aliphatic rings. The molecule has 5 heteroatoms. The van der Waals surface area contributed by atoms with E-state index in [1.165, 1.54) is 0 Å². The van der Waals surface area contributed by atoms with Crippen molar-refractivity contribution in [2.24, 2.45) is 0 Å². The third-order valence-corrected chi connectivity index (χ3v) is 2.63. The Labute approximate surface area is 51.9 Å². The predicted molar refractivity (Wildman–Crippen MR) is 45.3 cm³/mol. The molecule has 23 valence electrons. The van der Waals surface area contributed by atoms with Crippen LogP contribution in [-0.2, 0) is 0 Å². The van der Waals surface area contributed by atoms with E-state index in [0.717, 1.165) is 0 Å². The summed E-state index contributed by atoms with van der Waals surface area (Å²) in [5.74, 6) is 0. The van der Waals surface area contributed by atoms with Gasteiger partial charge in [-0.15, -0.1) is 0 Å². The van der Waals surface area contributed by atoms with Crippen LogP contribution in [0.1, 0.15) is 0 Å². The SMILES string of the molecule is [B][B]I([B])I. The van der Waals surface area contributed by atoms with Gasteiger partial charge in [-0.2, -0.15) is 0 Å². The summed E-state index contributed by atoms with van der Waals surface area (Å²) < 4.78 is 0. The first kappa shape index (κ1) is 6.65. The molecule has 0 rings (SSSR count).